The normalized spacial score (nSPS) is 33.6. The van der Waals surface area contributed by atoms with Gasteiger partial charge in [0.15, 0.2) is 12.1 Å². The fraction of sp³-hybridized carbons (Fsp3) is 0.769. The Hall–Kier alpha value is -1.59. The Kier molecular flexibility index (Phi) is 4.10. The van der Waals surface area contributed by atoms with Crippen LogP contribution in [0.4, 0.5) is 5.82 Å². The molecule has 10 nitrogen and oxygen atoms in total. The Bertz CT molecular complexity index is 590. The second kappa shape index (κ2) is 5.80. The molecule has 10 heteroatoms. The lowest BCUT2D eigenvalue weighted by Gasteiger charge is -2.27. The summed E-state index contributed by atoms with van der Waals surface area (Å²) in [5.41, 5.74) is 0. The lowest BCUT2D eigenvalue weighted by molar-refractivity contribution is -0.389. The van der Waals surface area contributed by atoms with Crippen molar-refractivity contribution < 1.29 is 29.0 Å². The summed E-state index contributed by atoms with van der Waals surface area (Å²) in [6.45, 7) is 3.63. The van der Waals surface area contributed by atoms with Crippen molar-refractivity contribution in [2.24, 2.45) is 0 Å². The maximum Gasteiger partial charge on any atom is 0.381 e. The summed E-state index contributed by atoms with van der Waals surface area (Å²) < 4.78 is 23.9. The van der Waals surface area contributed by atoms with Gasteiger partial charge in [0.25, 0.3) is 0 Å². The Balaban J connectivity index is 1.67. The third-order valence-corrected chi connectivity index (χ3v) is 3.88. The number of ether oxygens (including phenoxy) is 4. The second-order valence-electron chi connectivity index (χ2n) is 6.02. The molecule has 5 atom stereocenters. The molecular weight excluding hydrogens is 310 g/mol. The highest BCUT2D eigenvalue weighted by Gasteiger charge is 2.56. The third kappa shape index (κ3) is 3.08. The minimum Gasteiger partial charge on any atom is -0.388 e. The van der Waals surface area contributed by atoms with Gasteiger partial charge < -0.3 is 38.7 Å². The van der Waals surface area contributed by atoms with Crippen molar-refractivity contribution in [2.45, 2.75) is 56.9 Å². The van der Waals surface area contributed by atoms with E-state index in [0.717, 1.165) is 0 Å². The van der Waals surface area contributed by atoms with Gasteiger partial charge in [-0.3, -0.25) is 0 Å². The standard InChI is InChI=1S/C13H19N3O7/c1-13(2)22-11-10(20-3)9(21-12(11)23-13)7(17)4-15-5-8(14-6-15)16(18)19/h5-7,9-12,17H,4H2,1-3H3/t7-,9-,10+,11-,12-/m1/s1. The number of nitrogens with zero attached hydrogens (tertiary/aromatic N) is 3. The van der Waals surface area contributed by atoms with Crippen molar-refractivity contribution in [3.05, 3.63) is 22.6 Å². The van der Waals surface area contributed by atoms with Crippen molar-refractivity contribution >= 4 is 5.82 Å². The quantitative estimate of drug-likeness (QED) is 0.594. The molecule has 2 aliphatic heterocycles. The predicted octanol–water partition coefficient (Wildman–Crippen LogP) is 0.0436. The van der Waals surface area contributed by atoms with Crippen LogP contribution in [0.5, 0.6) is 0 Å². The molecule has 0 radical (unpaired) electrons. The fourth-order valence-corrected chi connectivity index (χ4v) is 2.94. The molecule has 0 spiro atoms. The first-order valence-corrected chi connectivity index (χ1v) is 7.19. The topological polar surface area (TPSA) is 118 Å². The first-order valence-electron chi connectivity index (χ1n) is 7.19. The van der Waals surface area contributed by atoms with E-state index in [1.807, 2.05) is 0 Å². The van der Waals surface area contributed by atoms with Gasteiger partial charge in [0, 0.05) is 7.11 Å². The number of aliphatic hydroxyl groups excluding tert-OH is 1. The van der Waals surface area contributed by atoms with E-state index in [9.17, 15) is 15.2 Å². The van der Waals surface area contributed by atoms with Crippen molar-refractivity contribution in [3.63, 3.8) is 0 Å². The highest BCUT2D eigenvalue weighted by Crippen LogP contribution is 2.39. The minimum atomic E-state index is -0.963. The molecule has 0 aliphatic carbocycles. The van der Waals surface area contributed by atoms with Crippen molar-refractivity contribution in [1.29, 1.82) is 0 Å². The van der Waals surface area contributed by atoms with Crippen molar-refractivity contribution in [3.8, 4) is 0 Å². The zero-order chi connectivity index (χ0) is 16.8. The Morgan fingerprint density at radius 2 is 2.30 bits per heavy atom. The summed E-state index contributed by atoms with van der Waals surface area (Å²) in [7, 11) is 1.51. The summed E-state index contributed by atoms with van der Waals surface area (Å²) in [6, 6.07) is 0. The molecule has 0 bridgehead atoms. The van der Waals surface area contributed by atoms with Gasteiger partial charge in [-0.1, -0.05) is 0 Å². The third-order valence-electron chi connectivity index (χ3n) is 3.88. The minimum absolute atomic E-state index is 0.0776. The van der Waals surface area contributed by atoms with Gasteiger partial charge in [-0.25, -0.2) is 0 Å². The van der Waals surface area contributed by atoms with Crippen LogP contribution >= 0.6 is 0 Å². The van der Waals surface area contributed by atoms with Gasteiger partial charge in [0.2, 0.25) is 6.33 Å². The van der Waals surface area contributed by atoms with Crippen LogP contribution in [0, 0.1) is 10.1 Å². The molecule has 1 N–H and O–H groups in total. The average molecular weight is 329 g/mol. The molecule has 0 aromatic carbocycles. The van der Waals surface area contributed by atoms with E-state index in [0.29, 0.717) is 0 Å². The Morgan fingerprint density at radius 3 is 2.91 bits per heavy atom. The number of hydrogen-bond acceptors (Lipinski definition) is 8. The molecule has 0 amide bonds. The number of methoxy groups -OCH3 is 1. The molecule has 0 saturated carbocycles. The Labute approximate surface area is 132 Å². The van der Waals surface area contributed by atoms with E-state index in [1.54, 1.807) is 13.8 Å². The lowest BCUT2D eigenvalue weighted by atomic mass is 10.1. The molecule has 1 aromatic rings. The largest absolute Gasteiger partial charge is 0.388 e. The molecule has 3 heterocycles. The van der Waals surface area contributed by atoms with Crippen LogP contribution in [-0.2, 0) is 25.5 Å². The maximum atomic E-state index is 10.6. The lowest BCUT2D eigenvalue weighted by Crippen LogP contribution is -2.43. The van der Waals surface area contributed by atoms with Crippen LogP contribution in [-0.4, -0.2) is 63.2 Å². The smallest absolute Gasteiger partial charge is 0.381 e. The van der Waals surface area contributed by atoms with Gasteiger partial charge in [-0.05, 0) is 23.8 Å². The molecule has 2 saturated heterocycles. The number of rotatable bonds is 5. The summed E-state index contributed by atoms with van der Waals surface area (Å²) >= 11 is 0. The van der Waals surface area contributed by atoms with Crippen LogP contribution in [0.3, 0.4) is 0 Å². The molecule has 2 aliphatic rings. The molecule has 3 rings (SSSR count). The van der Waals surface area contributed by atoms with E-state index in [-0.39, 0.29) is 12.4 Å². The van der Waals surface area contributed by atoms with Crippen LogP contribution in [0.2, 0.25) is 0 Å². The van der Waals surface area contributed by atoms with E-state index in [1.165, 1.54) is 24.2 Å². The Morgan fingerprint density at radius 1 is 1.57 bits per heavy atom. The number of hydrogen-bond donors (Lipinski definition) is 1. The highest BCUT2D eigenvalue weighted by atomic mass is 16.8. The van der Waals surface area contributed by atoms with Gasteiger partial charge in [0.1, 0.15) is 30.6 Å². The van der Waals surface area contributed by atoms with Crippen LogP contribution < -0.4 is 0 Å². The molecule has 128 valence electrons. The van der Waals surface area contributed by atoms with Crippen LogP contribution in [0.1, 0.15) is 13.8 Å². The second-order valence-corrected chi connectivity index (χ2v) is 6.02. The monoisotopic (exact) mass is 329 g/mol. The molecule has 1 aromatic heterocycles. The van der Waals surface area contributed by atoms with Crippen LogP contribution in [0.25, 0.3) is 0 Å². The van der Waals surface area contributed by atoms with E-state index in [4.69, 9.17) is 18.9 Å². The van der Waals surface area contributed by atoms with E-state index in [2.05, 4.69) is 4.98 Å². The summed E-state index contributed by atoms with van der Waals surface area (Å²) in [6.07, 6.45) is -0.664. The van der Waals surface area contributed by atoms with Gasteiger partial charge >= 0.3 is 5.82 Å². The molecular formula is C13H19N3O7. The molecule has 0 unspecified atom stereocenters. The van der Waals surface area contributed by atoms with Gasteiger partial charge in [-0.15, -0.1) is 0 Å². The number of imidazole rings is 1. The molecule has 23 heavy (non-hydrogen) atoms. The fourth-order valence-electron chi connectivity index (χ4n) is 2.94. The van der Waals surface area contributed by atoms with Crippen molar-refractivity contribution in [2.75, 3.05) is 7.11 Å². The van der Waals surface area contributed by atoms with E-state index >= 15 is 0 Å². The summed E-state index contributed by atoms with van der Waals surface area (Å²) in [5.74, 6) is -1.05. The highest BCUT2D eigenvalue weighted by molar-refractivity contribution is 5.12. The first kappa shape index (κ1) is 16.3. The number of aliphatic hydroxyl groups is 1. The summed E-state index contributed by atoms with van der Waals surface area (Å²) in [4.78, 5) is 13.7. The SMILES string of the molecule is CO[C@@H]1[C@H]2OC(C)(C)O[C@H]2O[C@@H]1[C@H](O)Cn1cnc([N+](=O)[O-])c1. The summed E-state index contributed by atoms with van der Waals surface area (Å²) in [5, 5.41) is 21.0. The van der Waals surface area contributed by atoms with Crippen molar-refractivity contribution in [1.82, 2.24) is 9.55 Å². The predicted molar refractivity (Wildman–Crippen MR) is 74.4 cm³/mol. The number of aromatic nitrogens is 2. The zero-order valence-electron chi connectivity index (χ0n) is 13.0. The molecule has 2 fully saturated rings. The van der Waals surface area contributed by atoms with Gasteiger partial charge in [0.05, 0.1) is 6.54 Å². The maximum absolute atomic E-state index is 10.6. The zero-order valence-corrected chi connectivity index (χ0v) is 13.0. The average Bonchev–Trinajstić information content (AvgIpc) is 3.10. The number of nitro groups is 1. The van der Waals surface area contributed by atoms with Gasteiger partial charge in [-0.2, -0.15) is 0 Å². The van der Waals surface area contributed by atoms with Crippen LogP contribution in [0.15, 0.2) is 12.5 Å². The first-order chi connectivity index (χ1) is 10.8. The number of fused-ring (bicyclic) bond motifs is 1. The van der Waals surface area contributed by atoms with E-state index < -0.39 is 41.4 Å².